The lowest BCUT2D eigenvalue weighted by molar-refractivity contribution is 0.331. The standard InChI is InChI=1S/C24H23N3S/c25-24-22-21(18-8-2-1-3-9-18)16-28-23(22)20(14-26-24)19-10-6-7-17(13-19)15-27-11-4-5-12-27/h1-3,6-10,13-14,16H,4-5,11-12,15H2,(H2,25,26). The lowest BCUT2D eigenvalue weighted by Gasteiger charge is -2.15. The first-order valence-corrected chi connectivity index (χ1v) is 10.7. The molecule has 0 saturated carbocycles. The number of hydrogen-bond acceptors (Lipinski definition) is 4. The summed E-state index contributed by atoms with van der Waals surface area (Å²) in [6, 6.07) is 19.3. The molecule has 0 spiro atoms. The molecule has 1 fully saturated rings. The Kier molecular flexibility index (Phi) is 4.59. The first-order chi connectivity index (χ1) is 13.8. The Balaban J connectivity index is 1.58. The minimum Gasteiger partial charge on any atom is -0.383 e. The van der Waals surface area contributed by atoms with E-state index in [0.29, 0.717) is 5.82 Å². The molecule has 1 aliphatic heterocycles. The molecule has 140 valence electrons. The van der Waals surface area contributed by atoms with E-state index in [1.165, 1.54) is 58.4 Å². The monoisotopic (exact) mass is 385 g/mol. The molecule has 2 aromatic heterocycles. The third-order valence-electron chi connectivity index (χ3n) is 5.55. The van der Waals surface area contributed by atoms with E-state index in [9.17, 15) is 0 Å². The molecule has 4 aromatic rings. The number of fused-ring (bicyclic) bond motifs is 1. The zero-order valence-electron chi connectivity index (χ0n) is 15.8. The summed E-state index contributed by atoms with van der Waals surface area (Å²) in [4.78, 5) is 7.09. The van der Waals surface area contributed by atoms with Crippen LogP contribution in [0, 0.1) is 0 Å². The number of likely N-dealkylation sites (tertiary alicyclic amines) is 1. The van der Waals surface area contributed by atoms with Gasteiger partial charge in [-0.3, -0.25) is 4.90 Å². The van der Waals surface area contributed by atoms with Crippen LogP contribution < -0.4 is 5.73 Å². The van der Waals surface area contributed by atoms with Gasteiger partial charge >= 0.3 is 0 Å². The average Bonchev–Trinajstić information content (AvgIpc) is 3.40. The number of hydrogen-bond donors (Lipinski definition) is 1. The van der Waals surface area contributed by atoms with E-state index in [4.69, 9.17) is 5.73 Å². The van der Waals surface area contributed by atoms with Gasteiger partial charge < -0.3 is 5.73 Å². The lowest BCUT2D eigenvalue weighted by Crippen LogP contribution is -2.18. The zero-order valence-corrected chi connectivity index (χ0v) is 16.6. The van der Waals surface area contributed by atoms with Crippen molar-refractivity contribution in [1.29, 1.82) is 0 Å². The molecular formula is C24H23N3S. The summed E-state index contributed by atoms with van der Waals surface area (Å²) >= 11 is 1.75. The smallest absolute Gasteiger partial charge is 0.132 e. The quantitative estimate of drug-likeness (QED) is 0.482. The largest absolute Gasteiger partial charge is 0.383 e. The van der Waals surface area contributed by atoms with Gasteiger partial charge in [0.05, 0.1) is 0 Å². The molecule has 0 atom stereocenters. The Morgan fingerprint density at radius 2 is 1.71 bits per heavy atom. The lowest BCUT2D eigenvalue weighted by atomic mass is 10.0. The fourth-order valence-electron chi connectivity index (χ4n) is 4.14. The summed E-state index contributed by atoms with van der Waals surface area (Å²) in [5.74, 6) is 0.604. The highest BCUT2D eigenvalue weighted by Gasteiger charge is 2.16. The van der Waals surface area contributed by atoms with Crippen molar-refractivity contribution in [2.45, 2.75) is 19.4 Å². The topological polar surface area (TPSA) is 42.1 Å². The van der Waals surface area contributed by atoms with Crippen LogP contribution in [0.5, 0.6) is 0 Å². The number of rotatable bonds is 4. The maximum atomic E-state index is 6.31. The first kappa shape index (κ1) is 17.4. The minimum atomic E-state index is 0.604. The maximum absolute atomic E-state index is 6.31. The van der Waals surface area contributed by atoms with Gasteiger partial charge in [0.25, 0.3) is 0 Å². The number of aromatic nitrogens is 1. The van der Waals surface area contributed by atoms with Crippen molar-refractivity contribution in [2.75, 3.05) is 18.8 Å². The highest BCUT2D eigenvalue weighted by atomic mass is 32.1. The van der Waals surface area contributed by atoms with Gasteiger partial charge in [-0.15, -0.1) is 11.3 Å². The SMILES string of the molecule is Nc1ncc(-c2cccc(CN3CCCC3)c2)c2scc(-c3ccccc3)c12. The van der Waals surface area contributed by atoms with E-state index < -0.39 is 0 Å². The average molecular weight is 386 g/mol. The second-order valence-electron chi connectivity index (χ2n) is 7.46. The summed E-state index contributed by atoms with van der Waals surface area (Å²) < 4.78 is 1.21. The molecule has 0 aliphatic carbocycles. The van der Waals surface area contributed by atoms with Gasteiger partial charge in [0, 0.05) is 34.0 Å². The summed E-state index contributed by atoms with van der Waals surface area (Å²) in [7, 11) is 0. The van der Waals surface area contributed by atoms with Crippen molar-refractivity contribution in [1.82, 2.24) is 9.88 Å². The molecule has 0 radical (unpaired) electrons. The molecule has 4 heteroatoms. The van der Waals surface area contributed by atoms with E-state index in [0.717, 1.165) is 11.9 Å². The van der Waals surface area contributed by atoms with E-state index >= 15 is 0 Å². The van der Waals surface area contributed by atoms with Crippen molar-refractivity contribution in [3.8, 4) is 22.3 Å². The van der Waals surface area contributed by atoms with Gasteiger partial charge in [0.15, 0.2) is 0 Å². The Hall–Kier alpha value is -2.69. The second-order valence-corrected chi connectivity index (χ2v) is 8.34. The van der Waals surface area contributed by atoms with Gasteiger partial charge in [-0.25, -0.2) is 4.98 Å². The van der Waals surface area contributed by atoms with Crippen LogP contribution in [0.15, 0.2) is 66.2 Å². The Morgan fingerprint density at radius 1 is 0.929 bits per heavy atom. The number of anilines is 1. The number of thiophene rings is 1. The van der Waals surface area contributed by atoms with Gasteiger partial charge in [-0.2, -0.15) is 0 Å². The highest BCUT2D eigenvalue weighted by Crippen LogP contribution is 2.41. The summed E-state index contributed by atoms with van der Waals surface area (Å²) in [5, 5.41) is 3.27. The van der Waals surface area contributed by atoms with Crippen LogP contribution in [0.4, 0.5) is 5.82 Å². The number of nitrogens with two attached hydrogens (primary N) is 1. The van der Waals surface area contributed by atoms with Crippen molar-refractivity contribution in [2.24, 2.45) is 0 Å². The first-order valence-electron chi connectivity index (χ1n) is 9.82. The number of benzene rings is 2. The molecule has 3 heterocycles. The second kappa shape index (κ2) is 7.38. The number of nitrogen functional groups attached to an aromatic ring is 1. The van der Waals surface area contributed by atoms with Gasteiger partial charge in [0.2, 0.25) is 0 Å². The van der Waals surface area contributed by atoms with Gasteiger partial charge in [-0.05, 0) is 54.1 Å². The maximum Gasteiger partial charge on any atom is 0.132 e. The Bertz CT molecular complexity index is 1110. The van der Waals surface area contributed by atoms with Gasteiger partial charge in [-0.1, -0.05) is 48.5 Å². The molecular weight excluding hydrogens is 362 g/mol. The molecule has 0 unspecified atom stereocenters. The van der Waals surface area contributed by atoms with Crippen LogP contribution in [0.1, 0.15) is 18.4 Å². The minimum absolute atomic E-state index is 0.604. The van der Waals surface area contributed by atoms with E-state index in [1.807, 2.05) is 12.3 Å². The predicted octanol–water partition coefficient (Wildman–Crippen LogP) is 5.81. The van der Waals surface area contributed by atoms with Crippen LogP contribution >= 0.6 is 11.3 Å². The highest BCUT2D eigenvalue weighted by molar-refractivity contribution is 7.18. The fourth-order valence-corrected chi connectivity index (χ4v) is 5.26. The third-order valence-corrected chi connectivity index (χ3v) is 6.57. The predicted molar refractivity (Wildman–Crippen MR) is 119 cm³/mol. The van der Waals surface area contributed by atoms with Crippen molar-refractivity contribution in [3.05, 3.63) is 71.7 Å². The summed E-state index contributed by atoms with van der Waals surface area (Å²) in [6.07, 6.45) is 4.57. The molecule has 5 rings (SSSR count). The van der Waals surface area contributed by atoms with Gasteiger partial charge in [0.1, 0.15) is 5.82 Å². The third kappa shape index (κ3) is 3.19. The Labute approximate surface area is 169 Å². The van der Waals surface area contributed by atoms with Crippen LogP contribution in [0.2, 0.25) is 0 Å². The molecule has 0 bridgehead atoms. The van der Waals surface area contributed by atoms with Crippen molar-refractivity contribution < 1.29 is 0 Å². The van der Waals surface area contributed by atoms with E-state index in [2.05, 4.69) is 63.8 Å². The number of nitrogens with zero attached hydrogens (tertiary/aromatic N) is 2. The molecule has 0 amide bonds. The summed E-state index contributed by atoms with van der Waals surface area (Å²) in [6.45, 7) is 3.45. The fraction of sp³-hybridized carbons (Fsp3) is 0.208. The molecule has 2 aromatic carbocycles. The molecule has 1 aliphatic rings. The number of pyridine rings is 1. The van der Waals surface area contributed by atoms with Crippen LogP contribution in [0.25, 0.3) is 32.3 Å². The van der Waals surface area contributed by atoms with E-state index in [1.54, 1.807) is 11.3 Å². The van der Waals surface area contributed by atoms with E-state index in [-0.39, 0.29) is 0 Å². The van der Waals surface area contributed by atoms with Crippen LogP contribution in [-0.4, -0.2) is 23.0 Å². The molecule has 1 saturated heterocycles. The molecule has 28 heavy (non-hydrogen) atoms. The summed E-state index contributed by atoms with van der Waals surface area (Å²) in [5.41, 5.74) is 12.4. The molecule has 2 N–H and O–H groups in total. The van der Waals surface area contributed by atoms with Crippen LogP contribution in [-0.2, 0) is 6.54 Å². The van der Waals surface area contributed by atoms with Crippen LogP contribution in [0.3, 0.4) is 0 Å². The Morgan fingerprint density at radius 3 is 2.54 bits per heavy atom. The van der Waals surface area contributed by atoms with Crippen molar-refractivity contribution in [3.63, 3.8) is 0 Å². The normalized spacial score (nSPS) is 14.7. The molecule has 3 nitrogen and oxygen atoms in total. The van der Waals surface area contributed by atoms with Crippen molar-refractivity contribution >= 4 is 27.2 Å². The zero-order chi connectivity index (χ0) is 18.9.